The summed E-state index contributed by atoms with van der Waals surface area (Å²) < 4.78 is 0. The van der Waals surface area contributed by atoms with E-state index >= 15 is 0 Å². The van der Waals surface area contributed by atoms with Gasteiger partial charge in [0.25, 0.3) is 0 Å². The van der Waals surface area contributed by atoms with Gasteiger partial charge >= 0.3 is 12.0 Å². The lowest BCUT2D eigenvalue weighted by Crippen LogP contribution is -2.59. The lowest BCUT2D eigenvalue weighted by atomic mass is 9.76. The van der Waals surface area contributed by atoms with Crippen LogP contribution in [0.1, 0.15) is 52.4 Å². The zero-order valence-corrected chi connectivity index (χ0v) is 12.5. The Kier molecular flexibility index (Phi) is 4.55. The molecule has 20 heavy (non-hydrogen) atoms. The smallest absolute Gasteiger partial charge is 0.329 e. The molecule has 2 aliphatic rings. The van der Waals surface area contributed by atoms with E-state index in [9.17, 15) is 14.7 Å². The summed E-state index contributed by atoms with van der Waals surface area (Å²) in [6, 6.07) is -0.212. The van der Waals surface area contributed by atoms with Gasteiger partial charge in [-0.25, -0.2) is 9.59 Å². The van der Waals surface area contributed by atoms with Crippen LogP contribution in [0.4, 0.5) is 4.79 Å². The normalized spacial score (nSPS) is 29.8. The molecule has 2 N–H and O–H groups in total. The topological polar surface area (TPSA) is 69.6 Å². The highest BCUT2D eigenvalue weighted by Gasteiger charge is 2.44. The van der Waals surface area contributed by atoms with Crippen LogP contribution in [0.5, 0.6) is 0 Å². The van der Waals surface area contributed by atoms with E-state index in [1.54, 1.807) is 4.90 Å². The van der Waals surface area contributed by atoms with Gasteiger partial charge in [-0.15, -0.1) is 0 Å². The SMILES string of the molecule is CCN(CC1CC1)C(=O)NC1(C(=O)O)CCCC(C)C1. The maximum atomic E-state index is 12.4. The molecule has 0 spiro atoms. The van der Waals surface area contributed by atoms with Crippen LogP contribution in [-0.2, 0) is 4.79 Å². The molecule has 2 rings (SSSR count). The van der Waals surface area contributed by atoms with E-state index in [1.807, 2.05) is 6.92 Å². The quantitative estimate of drug-likeness (QED) is 0.813. The van der Waals surface area contributed by atoms with Crippen LogP contribution in [0.2, 0.25) is 0 Å². The molecular formula is C15H26N2O3. The Balaban J connectivity index is 2.02. The van der Waals surface area contributed by atoms with Gasteiger partial charge in [0, 0.05) is 13.1 Å². The number of hydrogen-bond donors (Lipinski definition) is 2. The van der Waals surface area contributed by atoms with E-state index in [0.29, 0.717) is 31.2 Å². The predicted octanol–water partition coefficient (Wildman–Crippen LogP) is 2.46. The van der Waals surface area contributed by atoms with Gasteiger partial charge < -0.3 is 15.3 Å². The average Bonchev–Trinajstić information content (AvgIpc) is 3.19. The number of carbonyl (C=O) groups excluding carboxylic acids is 1. The van der Waals surface area contributed by atoms with Gasteiger partial charge in [-0.3, -0.25) is 0 Å². The second-order valence-corrected chi connectivity index (χ2v) is 6.50. The van der Waals surface area contributed by atoms with Gasteiger partial charge in [0.2, 0.25) is 0 Å². The summed E-state index contributed by atoms with van der Waals surface area (Å²) in [7, 11) is 0. The molecule has 5 heteroatoms. The molecule has 0 bridgehead atoms. The van der Waals surface area contributed by atoms with E-state index in [1.165, 1.54) is 12.8 Å². The highest BCUT2D eigenvalue weighted by Crippen LogP contribution is 2.33. The van der Waals surface area contributed by atoms with Crippen LogP contribution in [0.3, 0.4) is 0 Å². The van der Waals surface area contributed by atoms with Gasteiger partial charge in [0.05, 0.1) is 0 Å². The monoisotopic (exact) mass is 282 g/mol. The fraction of sp³-hybridized carbons (Fsp3) is 0.867. The van der Waals surface area contributed by atoms with Crippen LogP contribution in [0.25, 0.3) is 0 Å². The predicted molar refractivity (Wildman–Crippen MR) is 76.5 cm³/mol. The lowest BCUT2D eigenvalue weighted by molar-refractivity contribution is -0.146. The number of carbonyl (C=O) groups is 2. The standard InChI is InChI=1S/C15H26N2O3/c1-3-17(10-12-6-7-12)14(20)16-15(13(18)19)8-4-5-11(2)9-15/h11-12H,3-10H2,1-2H3,(H,16,20)(H,18,19). The number of nitrogens with one attached hydrogen (secondary N) is 1. The van der Waals surface area contributed by atoms with Crippen molar-refractivity contribution in [1.29, 1.82) is 0 Å². The summed E-state index contributed by atoms with van der Waals surface area (Å²) in [4.78, 5) is 25.8. The van der Waals surface area contributed by atoms with E-state index in [2.05, 4.69) is 12.2 Å². The minimum Gasteiger partial charge on any atom is -0.480 e. The van der Waals surface area contributed by atoms with E-state index in [0.717, 1.165) is 19.4 Å². The largest absolute Gasteiger partial charge is 0.480 e. The summed E-state index contributed by atoms with van der Waals surface area (Å²) in [5, 5.41) is 12.4. The fourth-order valence-corrected chi connectivity index (χ4v) is 3.16. The number of rotatable bonds is 5. The van der Waals surface area contributed by atoms with Crippen molar-refractivity contribution in [1.82, 2.24) is 10.2 Å². The first kappa shape index (κ1) is 15.1. The first-order valence-electron chi connectivity index (χ1n) is 7.77. The molecule has 0 aliphatic heterocycles. The number of nitrogens with zero attached hydrogens (tertiary/aromatic N) is 1. The molecule has 0 saturated heterocycles. The van der Waals surface area contributed by atoms with Gasteiger partial charge in [-0.2, -0.15) is 0 Å². The Bertz CT molecular complexity index is 381. The van der Waals surface area contributed by atoms with Crippen molar-refractivity contribution >= 4 is 12.0 Å². The molecule has 2 atom stereocenters. The molecule has 2 aliphatic carbocycles. The van der Waals surface area contributed by atoms with Crippen molar-refractivity contribution < 1.29 is 14.7 Å². The van der Waals surface area contributed by atoms with Crippen LogP contribution in [0.15, 0.2) is 0 Å². The number of urea groups is 1. The summed E-state index contributed by atoms with van der Waals surface area (Å²) in [6.07, 6.45) is 5.36. The highest BCUT2D eigenvalue weighted by molar-refractivity contribution is 5.86. The summed E-state index contributed by atoms with van der Waals surface area (Å²) in [5.41, 5.74) is -1.06. The molecule has 114 valence electrons. The number of amides is 2. The second kappa shape index (κ2) is 6.02. The minimum atomic E-state index is -1.06. The molecule has 2 amide bonds. The van der Waals surface area contributed by atoms with Crippen molar-refractivity contribution in [3.05, 3.63) is 0 Å². The molecule has 5 nitrogen and oxygen atoms in total. The molecule has 2 fully saturated rings. The Morgan fingerprint density at radius 3 is 2.55 bits per heavy atom. The van der Waals surface area contributed by atoms with Crippen molar-refractivity contribution in [2.24, 2.45) is 11.8 Å². The van der Waals surface area contributed by atoms with Crippen LogP contribution in [0, 0.1) is 11.8 Å². The number of carboxylic acid groups (broad SMARTS) is 1. The Hall–Kier alpha value is -1.26. The van der Waals surface area contributed by atoms with E-state index in [4.69, 9.17) is 0 Å². The van der Waals surface area contributed by atoms with Crippen molar-refractivity contribution in [2.45, 2.75) is 57.9 Å². The lowest BCUT2D eigenvalue weighted by Gasteiger charge is -2.38. The molecule has 0 aromatic carbocycles. The fourth-order valence-electron chi connectivity index (χ4n) is 3.16. The van der Waals surface area contributed by atoms with Crippen molar-refractivity contribution in [3.8, 4) is 0 Å². The molecule has 0 aromatic heterocycles. The van der Waals surface area contributed by atoms with Crippen molar-refractivity contribution in [2.75, 3.05) is 13.1 Å². The summed E-state index contributed by atoms with van der Waals surface area (Å²) >= 11 is 0. The number of carboxylic acids is 1. The third-order valence-electron chi connectivity index (χ3n) is 4.60. The highest BCUT2D eigenvalue weighted by atomic mass is 16.4. The molecule has 0 aromatic rings. The second-order valence-electron chi connectivity index (χ2n) is 6.50. The van der Waals surface area contributed by atoms with E-state index < -0.39 is 11.5 Å². The van der Waals surface area contributed by atoms with Gasteiger partial charge in [0.1, 0.15) is 5.54 Å². The Morgan fingerprint density at radius 2 is 2.05 bits per heavy atom. The van der Waals surface area contributed by atoms with E-state index in [-0.39, 0.29) is 6.03 Å². The van der Waals surface area contributed by atoms with Crippen molar-refractivity contribution in [3.63, 3.8) is 0 Å². The third-order valence-corrected chi connectivity index (χ3v) is 4.60. The number of aliphatic carboxylic acids is 1. The first-order chi connectivity index (χ1) is 9.47. The number of hydrogen-bond acceptors (Lipinski definition) is 2. The average molecular weight is 282 g/mol. The Labute approximate surface area is 120 Å². The van der Waals surface area contributed by atoms with Gasteiger partial charge in [0.15, 0.2) is 0 Å². The molecular weight excluding hydrogens is 256 g/mol. The molecule has 2 saturated carbocycles. The third kappa shape index (κ3) is 3.44. The minimum absolute atomic E-state index is 0.212. The summed E-state index contributed by atoms with van der Waals surface area (Å²) in [6.45, 7) is 5.39. The molecule has 0 heterocycles. The van der Waals surface area contributed by atoms with Crippen LogP contribution < -0.4 is 5.32 Å². The zero-order chi connectivity index (χ0) is 14.8. The molecule has 0 radical (unpaired) electrons. The van der Waals surface area contributed by atoms with Crippen LogP contribution in [-0.4, -0.2) is 40.6 Å². The van der Waals surface area contributed by atoms with Crippen LogP contribution >= 0.6 is 0 Å². The van der Waals surface area contributed by atoms with Gasteiger partial charge in [-0.05, 0) is 44.4 Å². The maximum Gasteiger partial charge on any atom is 0.329 e. The first-order valence-corrected chi connectivity index (χ1v) is 7.77. The summed E-state index contributed by atoms with van der Waals surface area (Å²) in [5.74, 6) is 0.0743. The maximum absolute atomic E-state index is 12.4. The Morgan fingerprint density at radius 1 is 1.35 bits per heavy atom. The van der Waals surface area contributed by atoms with Gasteiger partial charge in [-0.1, -0.05) is 19.8 Å². The molecule has 2 unspecified atom stereocenters. The zero-order valence-electron chi connectivity index (χ0n) is 12.5.